The van der Waals surface area contributed by atoms with Crippen molar-refractivity contribution >= 4 is 40.7 Å². The van der Waals surface area contributed by atoms with Gasteiger partial charge in [0.25, 0.3) is 0 Å². The van der Waals surface area contributed by atoms with E-state index in [-0.39, 0.29) is 6.10 Å². The summed E-state index contributed by atoms with van der Waals surface area (Å²) in [5.41, 5.74) is 7.67. The molecule has 3 rings (SSSR count). The van der Waals surface area contributed by atoms with E-state index >= 15 is 0 Å². The maximum atomic E-state index is 6.16. The van der Waals surface area contributed by atoms with Gasteiger partial charge in [0, 0.05) is 27.8 Å². The molecule has 2 nitrogen and oxygen atoms in total. The van der Waals surface area contributed by atoms with Gasteiger partial charge in [-0.2, -0.15) is 0 Å². The Kier molecular flexibility index (Phi) is 4.01. The van der Waals surface area contributed by atoms with Crippen LogP contribution >= 0.6 is 35.0 Å². The molecule has 0 spiro atoms. The van der Waals surface area contributed by atoms with Crippen molar-refractivity contribution in [2.45, 2.75) is 17.4 Å². The van der Waals surface area contributed by atoms with E-state index in [4.69, 9.17) is 33.7 Å². The number of hydrogen-bond donors (Lipinski definition) is 1. The van der Waals surface area contributed by atoms with Gasteiger partial charge in [0.15, 0.2) is 0 Å². The molecule has 0 fully saturated rings. The van der Waals surface area contributed by atoms with E-state index in [0.717, 1.165) is 38.6 Å². The molecule has 104 valence electrons. The van der Waals surface area contributed by atoms with Crippen LogP contribution in [0, 0.1) is 0 Å². The number of hydrogen-bond acceptors (Lipinski definition) is 3. The summed E-state index contributed by atoms with van der Waals surface area (Å²) in [5.74, 6) is 1.76. The van der Waals surface area contributed by atoms with Crippen molar-refractivity contribution in [1.29, 1.82) is 0 Å². The molecule has 0 radical (unpaired) electrons. The summed E-state index contributed by atoms with van der Waals surface area (Å²) in [7, 11) is 0. The second kappa shape index (κ2) is 5.76. The van der Waals surface area contributed by atoms with E-state index in [2.05, 4.69) is 0 Å². The average molecular weight is 326 g/mol. The van der Waals surface area contributed by atoms with E-state index in [1.165, 1.54) is 5.56 Å². The molecule has 2 aromatic rings. The summed E-state index contributed by atoms with van der Waals surface area (Å²) in [4.78, 5) is 0.990. The number of anilines is 1. The van der Waals surface area contributed by atoms with Gasteiger partial charge in [-0.3, -0.25) is 0 Å². The first-order chi connectivity index (χ1) is 9.61. The third-order valence-electron chi connectivity index (χ3n) is 3.14. The molecule has 0 amide bonds. The summed E-state index contributed by atoms with van der Waals surface area (Å²) in [6.45, 7) is 0. The summed E-state index contributed by atoms with van der Waals surface area (Å²) in [5, 5.41) is 1.47. The Morgan fingerprint density at radius 3 is 2.90 bits per heavy atom. The molecule has 0 saturated carbocycles. The summed E-state index contributed by atoms with van der Waals surface area (Å²) in [6.07, 6.45) is 1.02. The van der Waals surface area contributed by atoms with E-state index in [0.29, 0.717) is 0 Å². The number of fused-ring (bicyclic) bond motifs is 1. The zero-order valence-electron chi connectivity index (χ0n) is 10.6. The van der Waals surface area contributed by atoms with Gasteiger partial charge in [0.05, 0.1) is 5.02 Å². The number of thioether (sulfide) groups is 1. The van der Waals surface area contributed by atoms with Crippen molar-refractivity contribution in [3.63, 3.8) is 0 Å². The van der Waals surface area contributed by atoms with Gasteiger partial charge in [-0.1, -0.05) is 23.2 Å². The lowest BCUT2D eigenvalue weighted by Crippen LogP contribution is -2.15. The number of nitrogens with two attached hydrogens (primary N) is 1. The van der Waals surface area contributed by atoms with Gasteiger partial charge in [-0.15, -0.1) is 11.8 Å². The van der Waals surface area contributed by atoms with Crippen LogP contribution in [0.2, 0.25) is 10.0 Å². The van der Waals surface area contributed by atoms with Crippen molar-refractivity contribution in [2.24, 2.45) is 0 Å². The fourth-order valence-corrected chi connectivity index (χ4v) is 3.65. The second-order valence-electron chi connectivity index (χ2n) is 4.70. The third kappa shape index (κ3) is 3.00. The first kappa shape index (κ1) is 13.9. The number of halogens is 2. The predicted molar refractivity (Wildman–Crippen MR) is 86.2 cm³/mol. The highest BCUT2D eigenvalue weighted by Crippen LogP contribution is 2.35. The maximum absolute atomic E-state index is 6.16. The van der Waals surface area contributed by atoms with Crippen LogP contribution in [0.25, 0.3) is 0 Å². The molecule has 20 heavy (non-hydrogen) atoms. The number of ether oxygens (including phenoxy) is 1. The zero-order valence-corrected chi connectivity index (χ0v) is 12.9. The van der Waals surface area contributed by atoms with Crippen LogP contribution in [0.4, 0.5) is 5.69 Å². The van der Waals surface area contributed by atoms with Crippen molar-refractivity contribution in [2.75, 3.05) is 11.5 Å². The van der Waals surface area contributed by atoms with E-state index in [9.17, 15) is 0 Å². The van der Waals surface area contributed by atoms with Crippen LogP contribution in [0.3, 0.4) is 0 Å². The number of benzene rings is 2. The van der Waals surface area contributed by atoms with Crippen LogP contribution in [0.1, 0.15) is 5.56 Å². The topological polar surface area (TPSA) is 35.2 Å². The van der Waals surface area contributed by atoms with Crippen molar-refractivity contribution in [3.05, 3.63) is 52.0 Å². The lowest BCUT2D eigenvalue weighted by molar-refractivity contribution is 0.259. The van der Waals surface area contributed by atoms with Crippen LogP contribution in [-0.4, -0.2) is 11.9 Å². The summed E-state index contributed by atoms with van der Waals surface area (Å²) < 4.78 is 5.90. The standard InChI is InChI=1S/C15H13Cl2NOS/c16-10-1-4-14-9(5-10)6-12(19-14)8-20-15-7-11(18)2-3-13(15)17/h1-5,7,12H,6,8,18H2. The Morgan fingerprint density at radius 1 is 1.20 bits per heavy atom. The molecule has 0 saturated heterocycles. The van der Waals surface area contributed by atoms with E-state index in [1.54, 1.807) is 17.8 Å². The Balaban J connectivity index is 1.65. The second-order valence-corrected chi connectivity index (χ2v) is 6.60. The van der Waals surface area contributed by atoms with Gasteiger partial charge < -0.3 is 10.5 Å². The summed E-state index contributed by atoms with van der Waals surface area (Å²) in [6, 6.07) is 11.3. The zero-order chi connectivity index (χ0) is 14.1. The number of nitrogen functional groups attached to an aromatic ring is 1. The molecule has 1 heterocycles. The highest BCUT2D eigenvalue weighted by atomic mass is 35.5. The fourth-order valence-electron chi connectivity index (χ4n) is 2.20. The van der Waals surface area contributed by atoms with Crippen molar-refractivity contribution < 1.29 is 4.74 Å². The number of rotatable bonds is 3. The minimum absolute atomic E-state index is 0.144. The molecule has 5 heteroatoms. The maximum Gasteiger partial charge on any atom is 0.123 e. The molecule has 2 N–H and O–H groups in total. The molecule has 1 atom stereocenters. The Bertz CT molecular complexity index is 648. The van der Waals surface area contributed by atoms with Crippen LogP contribution in [0.15, 0.2) is 41.3 Å². The van der Waals surface area contributed by atoms with Crippen molar-refractivity contribution in [1.82, 2.24) is 0 Å². The Morgan fingerprint density at radius 2 is 2.05 bits per heavy atom. The first-order valence-corrected chi connectivity index (χ1v) is 7.99. The van der Waals surface area contributed by atoms with Crippen LogP contribution < -0.4 is 10.5 Å². The molecule has 1 unspecified atom stereocenters. The molecular weight excluding hydrogens is 313 g/mol. The molecule has 0 aliphatic carbocycles. The molecule has 2 aromatic carbocycles. The lowest BCUT2D eigenvalue weighted by atomic mass is 10.1. The smallest absolute Gasteiger partial charge is 0.123 e. The van der Waals surface area contributed by atoms with E-state index < -0.39 is 0 Å². The van der Waals surface area contributed by atoms with Crippen LogP contribution in [0.5, 0.6) is 5.75 Å². The molecule has 0 bridgehead atoms. The van der Waals surface area contributed by atoms with Gasteiger partial charge in [0.1, 0.15) is 11.9 Å². The highest BCUT2D eigenvalue weighted by Gasteiger charge is 2.23. The van der Waals surface area contributed by atoms with Gasteiger partial charge in [0.2, 0.25) is 0 Å². The normalized spacial score (nSPS) is 16.8. The third-order valence-corrected chi connectivity index (χ3v) is 5.01. The largest absolute Gasteiger partial charge is 0.489 e. The Labute approximate surface area is 132 Å². The van der Waals surface area contributed by atoms with Crippen molar-refractivity contribution in [3.8, 4) is 5.75 Å². The molecule has 1 aliphatic rings. The predicted octanol–water partition coefficient (Wildman–Crippen LogP) is 4.67. The average Bonchev–Trinajstić information content (AvgIpc) is 2.81. The van der Waals surface area contributed by atoms with Gasteiger partial charge in [-0.25, -0.2) is 0 Å². The first-order valence-electron chi connectivity index (χ1n) is 6.25. The van der Waals surface area contributed by atoms with Gasteiger partial charge in [-0.05, 0) is 42.0 Å². The molecule has 1 aliphatic heterocycles. The molecular formula is C15H13Cl2NOS. The quantitative estimate of drug-likeness (QED) is 0.657. The highest BCUT2D eigenvalue weighted by molar-refractivity contribution is 7.99. The monoisotopic (exact) mass is 325 g/mol. The van der Waals surface area contributed by atoms with Crippen LogP contribution in [-0.2, 0) is 6.42 Å². The SMILES string of the molecule is Nc1ccc(Cl)c(SCC2Cc3cc(Cl)ccc3O2)c1. The van der Waals surface area contributed by atoms with E-state index in [1.807, 2.05) is 30.3 Å². The minimum atomic E-state index is 0.144. The van der Waals surface area contributed by atoms with Gasteiger partial charge >= 0.3 is 0 Å². The Hall–Kier alpha value is -1.03. The fraction of sp³-hybridized carbons (Fsp3) is 0.200. The summed E-state index contributed by atoms with van der Waals surface area (Å²) >= 11 is 13.8. The lowest BCUT2D eigenvalue weighted by Gasteiger charge is -2.11. The molecule has 0 aromatic heterocycles. The minimum Gasteiger partial charge on any atom is -0.489 e.